The number of benzene rings is 2. The third kappa shape index (κ3) is 8.24. The Hall–Kier alpha value is -3.95. The lowest BCUT2D eigenvalue weighted by Gasteiger charge is -2.23. The second-order valence-electron chi connectivity index (χ2n) is 7.94. The summed E-state index contributed by atoms with van der Waals surface area (Å²) in [6, 6.07) is 12.8. The number of carbonyl (C=O) groups is 3. The van der Waals surface area contributed by atoms with Crippen LogP contribution >= 0.6 is 0 Å². The van der Waals surface area contributed by atoms with Gasteiger partial charge in [0.15, 0.2) is 0 Å². The van der Waals surface area contributed by atoms with Crippen LogP contribution in [0.5, 0.6) is 0 Å². The molecule has 10 heteroatoms. The number of hydrogen-bond donors (Lipinski definition) is 3. The molecule has 176 valence electrons. The number of nitro benzene ring substituents is 1. The molecule has 0 aromatic heterocycles. The number of para-hydroxylation sites is 1. The van der Waals surface area contributed by atoms with Crippen LogP contribution in [-0.2, 0) is 27.4 Å². The van der Waals surface area contributed by atoms with Gasteiger partial charge in [0.2, 0.25) is 11.8 Å². The quantitative estimate of drug-likeness (QED) is 0.349. The van der Waals surface area contributed by atoms with Gasteiger partial charge in [-0.15, -0.1) is 0 Å². The molecule has 0 aliphatic rings. The second kappa shape index (κ2) is 12.2. The third-order valence-electron chi connectivity index (χ3n) is 4.80. The number of ether oxygens (including phenoxy) is 1. The van der Waals surface area contributed by atoms with Crippen LogP contribution in [0.2, 0.25) is 0 Å². The highest BCUT2D eigenvalue weighted by Crippen LogP contribution is 2.19. The third-order valence-corrected chi connectivity index (χ3v) is 4.80. The van der Waals surface area contributed by atoms with Crippen molar-refractivity contribution in [3.05, 3.63) is 75.8 Å². The lowest BCUT2D eigenvalue weighted by molar-refractivity contribution is -0.385. The maximum atomic E-state index is 12.9. The van der Waals surface area contributed by atoms with Crippen molar-refractivity contribution in [2.24, 2.45) is 11.7 Å². The highest BCUT2D eigenvalue weighted by atomic mass is 16.6. The summed E-state index contributed by atoms with van der Waals surface area (Å²) in [7, 11) is 0. The molecule has 2 aromatic rings. The smallest absolute Gasteiger partial charge is 0.408 e. The first-order valence-corrected chi connectivity index (χ1v) is 10.5. The average molecular weight is 456 g/mol. The first kappa shape index (κ1) is 25.3. The molecule has 0 heterocycles. The number of nitro groups is 1. The summed E-state index contributed by atoms with van der Waals surface area (Å²) < 4.78 is 5.18. The molecule has 0 unspecified atom stereocenters. The molecule has 3 amide bonds. The summed E-state index contributed by atoms with van der Waals surface area (Å²) in [5.41, 5.74) is 6.30. The number of nitrogens with zero attached hydrogens (tertiary/aromatic N) is 1. The summed E-state index contributed by atoms with van der Waals surface area (Å²) in [4.78, 5) is 47.8. The molecule has 2 aromatic carbocycles. The maximum Gasteiger partial charge on any atom is 0.408 e. The van der Waals surface area contributed by atoms with Crippen LogP contribution in [-0.4, -0.2) is 34.9 Å². The SMILES string of the molecule is CC(C)C[C@H](NC(=O)OCc1ccccc1)C(=O)N[C@H](Cc1ccccc1[N+](=O)[O-])C(N)=O. The minimum Gasteiger partial charge on any atom is -0.445 e. The summed E-state index contributed by atoms with van der Waals surface area (Å²) >= 11 is 0. The van der Waals surface area contributed by atoms with E-state index < -0.39 is 34.9 Å². The van der Waals surface area contributed by atoms with Crippen LogP contribution in [0, 0.1) is 16.0 Å². The van der Waals surface area contributed by atoms with Gasteiger partial charge in [-0.2, -0.15) is 0 Å². The number of nitrogens with one attached hydrogen (secondary N) is 2. The summed E-state index contributed by atoms with van der Waals surface area (Å²) in [6.45, 7) is 3.77. The first-order valence-electron chi connectivity index (χ1n) is 10.5. The molecular formula is C23H28N4O6. The molecule has 0 fully saturated rings. The molecule has 0 spiro atoms. The van der Waals surface area contributed by atoms with Crippen molar-refractivity contribution in [2.45, 2.75) is 45.4 Å². The molecular weight excluding hydrogens is 428 g/mol. The number of primary amides is 1. The van der Waals surface area contributed by atoms with Gasteiger partial charge < -0.3 is 21.1 Å². The molecule has 0 saturated carbocycles. The Labute approximate surface area is 191 Å². The van der Waals surface area contributed by atoms with Crippen molar-refractivity contribution in [3.8, 4) is 0 Å². The van der Waals surface area contributed by atoms with E-state index in [1.807, 2.05) is 32.0 Å². The summed E-state index contributed by atoms with van der Waals surface area (Å²) in [6.07, 6.45) is -0.664. The number of hydrogen-bond acceptors (Lipinski definition) is 6. The summed E-state index contributed by atoms with van der Waals surface area (Å²) in [5, 5.41) is 16.3. The molecule has 4 N–H and O–H groups in total. The fraction of sp³-hybridized carbons (Fsp3) is 0.348. The Morgan fingerprint density at radius 2 is 1.64 bits per heavy atom. The molecule has 10 nitrogen and oxygen atoms in total. The van der Waals surface area contributed by atoms with Gasteiger partial charge in [0.1, 0.15) is 18.7 Å². The molecule has 0 aliphatic heterocycles. The highest BCUT2D eigenvalue weighted by Gasteiger charge is 2.28. The summed E-state index contributed by atoms with van der Waals surface area (Å²) in [5.74, 6) is -1.45. The van der Waals surface area contributed by atoms with Crippen molar-refractivity contribution in [2.75, 3.05) is 0 Å². The number of amides is 3. The molecule has 2 atom stereocenters. The predicted octanol–water partition coefficient (Wildman–Crippen LogP) is 2.45. The maximum absolute atomic E-state index is 12.9. The molecule has 33 heavy (non-hydrogen) atoms. The molecule has 0 radical (unpaired) electrons. The van der Waals surface area contributed by atoms with Crippen LogP contribution in [0.1, 0.15) is 31.4 Å². The topological polar surface area (TPSA) is 154 Å². The number of carbonyl (C=O) groups excluding carboxylic acids is 3. The predicted molar refractivity (Wildman–Crippen MR) is 121 cm³/mol. The largest absolute Gasteiger partial charge is 0.445 e. The number of rotatable bonds is 11. The lowest BCUT2D eigenvalue weighted by atomic mass is 10.0. The van der Waals surface area contributed by atoms with Crippen molar-refractivity contribution in [1.29, 1.82) is 0 Å². The van der Waals surface area contributed by atoms with Gasteiger partial charge in [-0.3, -0.25) is 19.7 Å². The number of alkyl carbamates (subject to hydrolysis) is 1. The minimum atomic E-state index is -1.20. The monoisotopic (exact) mass is 456 g/mol. The van der Waals surface area contributed by atoms with E-state index in [0.717, 1.165) is 5.56 Å². The van der Waals surface area contributed by atoms with Crippen molar-refractivity contribution in [3.63, 3.8) is 0 Å². The molecule has 0 bridgehead atoms. The standard InChI is InChI=1S/C23H28N4O6/c1-15(2)12-19(26-23(30)33-14-16-8-4-3-5-9-16)22(29)25-18(21(24)28)13-17-10-6-7-11-20(17)27(31)32/h3-11,15,18-19H,12-14H2,1-2H3,(H2,24,28)(H,25,29)(H,26,30)/t18-,19+/m1/s1. The Morgan fingerprint density at radius 3 is 2.24 bits per heavy atom. The molecule has 0 saturated heterocycles. The second-order valence-corrected chi connectivity index (χ2v) is 7.94. The molecule has 0 aliphatic carbocycles. The van der Waals surface area contributed by atoms with E-state index >= 15 is 0 Å². The fourth-order valence-corrected chi connectivity index (χ4v) is 3.19. The van der Waals surface area contributed by atoms with Gasteiger partial charge in [-0.25, -0.2) is 4.79 Å². The van der Waals surface area contributed by atoms with E-state index in [-0.39, 0.29) is 36.6 Å². The zero-order valence-corrected chi connectivity index (χ0v) is 18.5. The van der Waals surface area contributed by atoms with Gasteiger partial charge in [0.25, 0.3) is 5.69 Å². The van der Waals surface area contributed by atoms with Gasteiger partial charge in [0.05, 0.1) is 4.92 Å². The fourth-order valence-electron chi connectivity index (χ4n) is 3.19. The van der Waals surface area contributed by atoms with Gasteiger partial charge in [0, 0.05) is 18.1 Å². The minimum absolute atomic E-state index is 0.0320. The highest BCUT2D eigenvalue weighted by molar-refractivity contribution is 5.91. The van der Waals surface area contributed by atoms with E-state index in [1.54, 1.807) is 18.2 Å². The van der Waals surface area contributed by atoms with E-state index in [0.29, 0.717) is 0 Å². The Bertz CT molecular complexity index is 980. The van der Waals surface area contributed by atoms with E-state index in [1.165, 1.54) is 18.2 Å². The van der Waals surface area contributed by atoms with Crippen LogP contribution in [0.3, 0.4) is 0 Å². The van der Waals surface area contributed by atoms with Gasteiger partial charge in [-0.05, 0) is 17.9 Å². The van der Waals surface area contributed by atoms with Gasteiger partial charge in [-0.1, -0.05) is 62.4 Å². The normalized spacial score (nSPS) is 12.5. The van der Waals surface area contributed by atoms with Crippen molar-refractivity contribution < 1.29 is 24.0 Å². The Kier molecular flexibility index (Phi) is 9.34. The average Bonchev–Trinajstić information content (AvgIpc) is 2.77. The Morgan fingerprint density at radius 1 is 1.00 bits per heavy atom. The van der Waals surface area contributed by atoms with E-state index in [9.17, 15) is 24.5 Å². The van der Waals surface area contributed by atoms with Crippen LogP contribution < -0.4 is 16.4 Å². The van der Waals surface area contributed by atoms with Crippen LogP contribution in [0.4, 0.5) is 10.5 Å². The Balaban J connectivity index is 2.07. The zero-order valence-electron chi connectivity index (χ0n) is 18.5. The van der Waals surface area contributed by atoms with E-state index in [4.69, 9.17) is 10.5 Å². The van der Waals surface area contributed by atoms with Gasteiger partial charge >= 0.3 is 6.09 Å². The van der Waals surface area contributed by atoms with Crippen molar-refractivity contribution in [1.82, 2.24) is 10.6 Å². The lowest BCUT2D eigenvalue weighted by Crippen LogP contribution is -2.54. The van der Waals surface area contributed by atoms with Crippen molar-refractivity contribution >= 4 is 23.6 Å². The van der Waals surface area contributed by atoms with E-state index in [2.05, 4.69) is 10.6 Å². The molecule has 2 rings (SSSR count). The zero-order chi connectivity index (χ0) is 24.4. The first-order chi connectivity index (χ1) is 15.7. The van der Waals surface area contributed by atoms with Crippen LogP contribution in [0.15, 0.2) is 54.6 Å². The van der Waals surface area contributed by atoms with Crippen LogP contribution in [0.25, 0.3) is 0 Å². The number of nitrogens with two attached hydrogens (primary N) is 1.